The Labute approximate surface area is 118 Å². The molecule has 2 heterocycles. The van der Waals surface area contributed by atoms with Crippen LogP contribution in [0.1, 0.15) is 27.2 Å². The molecule has 0 bridgehead atoms. The van der Waals surface area contributed by atoms with Gasteiger partial charge in [0.15, 0.2) is 10.8 Å². The second-order valence-corrected chi connectivity index (χ2v) is 6.64. The number of aromatic nitrogens is 2. The van der Waals surface area contributed by atoms with Gasteiger partial charge in [-0.1, -0.05) is 6.92 Å². The highest BCUT2D eigenvalue weighted by Gasteiger charge is 2.29. The maximum atomic E-state index is 4.52. The summed E-state index contributed by atoms with van der Waals surface area (Å²) >= 11 is 3.17. The van der Waals surface area contributed by atoms with Gasteiger partial charge in [0.25, 0.3) is 0 Å². The van der Waals surface area contributed by atoms with Crippen molar-refractivity contribution in [2.24, 2.45) is 0 Å². The maximum absolute atomic E-state index is 4.52. The number of anilines is 1. The van der Waals surface area contributed by atoms with Crippen molar-refractivity contribution in [3.63, 3.8) is 0 Å². The van der Waals surface area contributed by atoms with Crippen LogP contribution in [0.3, 0.4) is 0 Å². The Kier molecular flexibility index (Phi) is 4.86. The lowest BCUT2D eigenvalue weighted by atomic mass is 10.1. The van der Waals surface area contributed by atoms with E-state index in [2.05, 4.69) is 46.4 Å². The van der Waals surface area contributed by atoms with Gasteiger partial charge in [-0.2, -0.15) is 8.75 Å². The van der Waals surface area contributed by atoms with E-state index in [9.17, 15) is 0 Å². The largest absolute Gasteiger partial charge is 0.348 e. The number of nitrogens with zero attached hydrogens (tertiary/aromatic N) is 4. The molecule has 1 aliphatic heterocycles. The summed E-state index contributed by atoms with van der Waals surface area (Å²) in [6.45, 7) is 8.89. The molecular weight excluding hydrogens is 264 g/mol. The molecule has 1 aromatic heterocycles. The van der Waals surface area contributed by atoms with Gasteiger partial charge < -0.3 is 4.90 Å². The third kappa shape index (κ3) is 2.97. The zero-order chi connectivity index (χ0) is 13.1. The molecule has 2 rings (SSSR count). The standard InChI is InChI=1S/C12H22N4S2/c1-5-6-17-12-11(13-18-14-12)16-8-9(2)15(4)7-10(16)3/h9-10H,5-8H2,1-4H3/t9-,10+/m1/s1. The van der Waals surface area contributed by atoms with Gasteiger partial charge in [0.1, 0.15) is 0 Å². The normalized spacial score (nSPS) is 25.7. The summed E-state index contributed by atoms with van der Waals surface area (Å²) in [5.74, 6) is 2.22. The average molecular weight is 286 g/mol. The van der Waals surface area contributed by atoms with Crippen LogP contribution in [0, 0.1) is 0 Å². The minimum Gasteiger partial charge on any atom is -0.348 e. The molecule has 2 atom stereocenters. The van der Waals surface area contributed by atoms with Crippen LogP contribution in [0.25, 0.3) is 0 Å². The lowest BCUT2D eigenvalue weighted by Crippen LogP contribution is -2.55. The fourth-order valence-electron chi connectivity index (χ4n) is 2.24. The predicted molar refractivity (Wildman–Crippen MR) is 79.8 cm³/mol. The first-order valence-electron chi connectivity index (χ1n) is 6.55. The third-order valence-electron chi connectivity index (χ3n) is 3.45. The lowest BCUT2D eigenvalue weighted by molar-refractivity contribution is 0.205. The quantitative estimate of drug-likeness (QED) is 0.794. The van der Waals surface area contributed by atoms with Crippen molar-refractivity contribution in [3.8, 4) is 0 Å². The molecule has 0 radical (unpaired) electrons. The van der Waals surface area contributed by atoms with Gasteiger partial charge in [-0.25, -0.2) is 0 Å². The van der Waals surface area contributed by atoms with Crippen molar-refractivity contribution in [2.45, 2.75) is 44.3 Å². The summed E-state index contributed by atoms with van der Waals surface area (Å²) in [6.07, 6.45) is 1.18. The van der Waals surface area contributed by atoms with Crippen molar-refractivity contribution in [3.05, 3.63) is 0 Å². The molecule has 0 amide bonds. The molecule has 18 heavy (non-hydrogen) atoms. The second-order valence-electron chi connectivity index (χ2n) is 5.03. The van der Waals surface area contributed by atoms with E-state index < -0.39 is 0 Å². The first-order valence-corrected chi connectivity index (χ1v) is 8.27. The molecule has 6 heteroatoms. The molecule has 0 aromatic carbocycles. The summed E-state index contributed by atoms with van der Waals surface area (Å²) < 4.78 is 8.97. The molecule has 4 nitrogen and oxygen atoms in total. The minimum atomic E-state index is 0.510. The highest BCUT2D eigenvalue weighted by Crippen LogP contribution is 2.31. The molecule has 102 valence electrons. The van der Waals surface area contributed by atoms with Crippen LogP contribution in [0.5, 0.6) is 0 Å². The molecular formula is C12H22N4S2. The van der Waals surface area contributed by atoms with Crippen molar-refractivity contribution in [2.75, 3.05) is 30.8 Å². The molecule has 0 unspecified atom stereocenters. The number of thioether (sulfide) groups is 1. The molecule has 1 aliphatic rings. The van der Waals surface area contributed by atoms with Gasteiger partial charge in [0.2, 0.25) is 0 Å². The summed E-state index contributed by atoms with van der Waals surface area (Å²) in [5.41, 5.74) is 0. The van der Waals surface area contributed by atoms with Crippen LogP contribution in [0.4, 0.5) is 5.82 Å². The van der Waals surface area contributed by atoms with Crippen LogP contribution in [-0.2, 0) is 0 Å². The van der Waals surface area contributed by atoms with E-state index in [1.165, 1.54) is 18.1 Å². The first kappa shape index (κ1) is 14.1. The summed E-state index contributed by atoms with van der Waals surface area (Å²) in [7, 11) is 2.20. The molecule has 1 fully saturated rings. The molecule has 1 saturated heterocycles. The zero-order valence-electron chi connectivity index (χ0n) is 11.6. The van der Waals surface area contributed by atoms with E-state index in [0.29, 0.717) is 12.1 Å². The van der Waals surface area contributed by atoms with Gasteiger partial charge in [-0.15, -0.1) is 11.8 Å². The number of likely N-dealkylation sites (N-methyl/N-ethyl adjacent to an activating group) is 1. The Bertz CT molecular complexity index is 382. The van der Waals surface area contributed by atoms with Gasteiger partial charge in [0, 0.05) is 25.2 Å². The lowest BCUT2D eigenvalue weighted by Gasteiger charge is -2.42. The van der Waals surface area contributed by atoms with E-state index in [-0.39, 0.29) is 0 Å². The van der Waals surface area contributed by atoms with Crippen LogP contribution >= 0.6 is 23.5 Å². The molecule has 1 aromatic rings. The highest BCUT2D eigenvalue weighted by atomic mass is 32.2. The average Bonchev–Trinajstić information content (AvgIpc) is 2.79. The van der Waals surface area contributed by atoms with E-state index >= 15 is 0 Å². The van der Waals surface area contributed by atoms with Crippen molar-refractivity contribution in [1.82, 2.24) is 13.6 Å². The Morgan fingerprint density at radius 1 is 1.28 bits per heavy atom. The van der Waals surface area contributed by atoms with Crippen LogP contribution in [-0.4, -0.2) is 51.6 Å². The van der Waals surface area contributed by atoms with Gasteiger partial charge in [-0.3, -0.25) is 4.90 Å². The fraction of sp³-hybridized carbons (Fsp3) is 0.833. The Balaban J connectivity index is 2.12. The van der Waals surface area contributed by atoms with Gasteiger partial charge in [0.05, 0.1) is 11.7 Å². The van der Waals surface area contributed by atoms with Crippen LogP contribution in [0.15, 0.2) is 5.03 Å². The zero-order valence-corrected chi connectivity index (χ0v) is 13.2. The number of hydrogen-bond donors (Lipinski definition) is 0. The summed E-state index contributed by atoms with van der Waals surface area (Å²) in [6, 6.07) is 1.09. The maximum Gasteiger partial charge on any atom is 0.177 e. The van der Waals surface area contributed by atoms with Crippen molar-refractivity contribution >= 4 is 29.3 Å². The number of rotatable bonds is 4. The van der Waals surface area contributed by atoms with Crippen LogP contribution < -0.4 is 4.90 Å². The van der Waals surface area contributed by atoms with E-state index in [1.54, 1.807) is 0 Å². The van der Waals surface area contributed by atoms with Crippen LogP contribution in [0.2, 0.25) is 0 Å². The highest BCUT2D eigenvalue weighted by molar-refractivity contribution is 7.99. The predicted octanol–water partition coefficient (Wildman–Crippen LogP) is 2.57. The number of piperazine rings is 1. The van der Waals surface area contributed by atoms with Crippen molar-refractivity contribution < 1.29 is 0 Å². The smallest absolute Gasteiger partial charge is 0.177 e. The summed E-state index contributed by atoms with van der Waals surface area (Å²) in [5, 5.41) is 1.12. The van der Waals surface area contributed by atoms with Crippen molar-refractivity contribution in [1.29, 1.82) is 0 Å². The minimum absolute atomic E-state index is 0.510. The van der Waals surface area contributed by atoms with Gasteiger partial charge >= 0.3 is 0 Å². The Morgan fingerprint density at radius 2 is 2.06 bits per heavy atom. The van der Waals surface area contributed by atoms with E-state index in [4.69, 9.17) is 0 Å². The molecule has 0 saturated carbocycles. The Hall–Kier alpha value is -0.330. The number of hydrogen-bond acceptors (Lipinski definition) is 6. The van der Waals surface area contributed by atoms with E-state index in [0.717, 1.165) is 29.7 Å². The second kappa shape index (κ2) is 6.21. The topological polar surface area (TPSA) is 32.3 Å². The van der Waals surface area contributed by atoms with E-state index in [1.807, 2.05) is 11.8 Å². The Morgan fingerprint density at radius 3 is 2.78 bits per heavy atom. The SMILES string of the molecule is CCCSc1nsnc1N1C[C@@H](C)N(C)C[C@@H]1C. The third-order valence-corrected chi connectivity index (χ3v) is 5.25. The van der Waals surface area contributed by atoms with Gasteiger partial charge in [-0.05, 0) is 33.1 Å². The molecule has 0 spiro atoms. The summed E-state index contributed by atoms with van der Waals surface area (Å²) in [4.78, 5) is 4.84. The first-order chi connectivity index (χ1) is 8.63. The molecule has 0 aliphatic carbocycles. The monoisotopic (exact) mass is 286 g/mol. The fourth-order valence-corrected chi connectivity index (χ4v) is 3.76. The molecule has 0 N–H and O–H groups in total.